The molecule has 2 saturated heterocycles. The monoisotopic (exact) mass is 237 g/mol. The van der Waals surface area contributed by atoms with Gasteiger partial charge in [0.1, 0.15) is 0 Å². The molecule has 0 amide bonds. The highest BCUT2D eigenvalue weighted by molar-refractivity contribution is 7.92. The molecule has 2 unspecified atom stereocenters. The van der Waals surface area contributed by atoms with Gasteiger partial charge in [-0.25, -0.2) is 8.42 Å². The number of sulfone groups is 1. The summed E-state index contributed by atoms with van der Waals surface area (Å²) in [5.41, 5.74) is 2.43. The van der Waals surface area contributed by atoms with Crippen LogP contribution in [0.5, 0.6) is 0 Å². The summed E-state index contributed by atoms with van der Waals surface area (Å²) in [6.07, 6.45) is 0.816. The zero-order valence-electron chi connectivity index (χ0n) is 9.26. The van der Waals surface area contributed by atoms with E-state index in [0.29, 0.717) is 12.3 Å². The molecule has 2 aliphatic heterocycles. The highest BCUT2D eigenvalue weighted by Crippen LogP contribution is 2.37. The van der Waals surface area contributed by atoms with Gasteiger partial charge in [-0.15, -0.1) is 0 Å². The summed E-state index contributed by atoms with van der Waals surface area (Å²) < 4.78 is 23.3. The Balaban J connectivity index is 1.94. The van der Waals surface area contributed by atoms with Crippen LogP contribution in [0.15, 0.2) is 24.3 Å². The fourth-order valence-electron chi connectivity index (χ4n) is 2.88. The maximum Gasteiger partial charge on any atom is 0.156 e. The van der Waals surface area contributed by atoms with Crippen LogP contribution in [-0.2, 0) is 9.84 Å². The Morgan fingerprint density at radius 1 is 1.31 bits per heavy atom. The van der Waals surface area contributed by atoms with Crippen LogP contribution in [0.25, 0.3) is 0 Å². The van der Waals surface area contributed by atoms with Crippen LogP contribution < -0.4 is 4.90 Å². The van der Waals surface area contributed by atoms with Crippen molar-refractivity contribution in [2.75, 3.05) is 17.2 Å². The molecule has 86 valence electrons. The van der Waals surface area contributed by atoms with Gasteiger partial charge in [0.25, 0.3) is 0 Å². The second-order valence-corrected chi connectivity index (χ2v) is 7.11. The maximum absolute atomic E-state index is 11.7. The summed E-state index contributed by atoms with van der Waals surface area (Å²) in [6.45, 7) is 2.76. The van der Waals surface area contributed by atoms with Crippen molar-refractivity contribution in [3.8, 4) is 0 Å². The summed E-state index contributed by atoms with van der Waals surface area (Å²) in [5.74, 6) is 0.339. The lowest BCUT2D eigenvalue weighted by Crippen LogP contribution is -2.40. The number of benzene rings is 1. The van der Waals surface area contributed by atoms with E-state index in [-0.39, 0.29) is 11.3 Å². The Morgan fingerprint density at radius 3 is 2.62 bits per heavy atom. The lowest BCUT2D eigenvalue weighted by atomic mass is 10.1. The Labute approximate surface area is 96.0 Å². The van der Waals surface area contributed by atoms with Crippen molar-refractivity contribution in [3.05, 3.63) is 29.8 Å². The Hall–Kier alpha value is -1.03. The van der Waals surface area contributed by atoms with Crippen molar-refractivity contribution in [1.82, 2.24) is 0 Å². The standard InChI is InChI=1S/C12H15NO2S/c1-9-4-2-3-5-12(9)13-7-11-6-10(13)8-16(11,14)15/h2-5,10-11H,6-8H2,1H3. The van der Waals surface area contributed by atoms with Crippen molar-refractivity contribution in [2.45, 2.75) is 24.6 Å². The maximum atomic E-state index is 11.7. The number of aryl methyl sites for hydroxylation is 1. The summed E-state index contributed by atoms with van der Waals surface area (Å²) >= 11 is 0. The van der Waals surface area contributed by atoms with E-state index >= 15 is 0 Å². The highest BCUT2D eigenvalue weighted by Gasteiger charge is 2.48. The van der Waals surface area contributed by atoms with Gasteiger partial charge in [-0.2, -0.15) is 0 Å². The Morgan fingerprint density at radius 2 is 2.06 bits per heavy atom. The minimum atomic E-state index is -2.78. The second kappa shape index (κ2) is 3.23. The molecule has 3 nitrogen and oxygen atoms in total. The topological polar surface area (TPSA) is 37.4 Å². The van der Waals surface area contributed by atoms with Crippen molar-refractivity contribution in [2.24, 2.45) is 0 Å². The minimum Gasteiger partial charge on any atom is -0.366 e. The molecule has 0 radical (unpaired) electrons. The Kier molecular flexibility index (Phi) is 2.05. The average Bonchev–Trinajstić information content (AvgIpc) is 2.73. The summed E-state index contributed by atoms with van der Waals surface area (Å²) in [4.78, 5) is 2.26. The molecule has 0 aromatic heterocycles. The molecule has 2 atom stereocenters. The summed E-state index contributed by atoms with van der Waals surface area (Å²) in [7, 11) is -2.78. The SMILES string of the molecule is Cc1ccccc1N1CC2CC1CS2(=O)=O. The van der Waals surface area contributed by atoms with E-state index in [9.17, 15) is 8.42 Å². The van der Waals surface area contributed by atoms with Gasteiger partial charge in [-0.05, 0) is 25.0 Å². The van der Waals surface area contributed by atoms with E-state index in [2.05, 4.69) is 24.0 Å². The third-order valence-corrected chi connectivity index (χ3v) is 5.94. The van der Waals surface area contributed by atoms with Crippen molar-refractivity contribution >= 4 is 15.5 Å². The third kappa shape index (κ3) is 1.36. The van der Waals surface area contributed by atoms with Gasteiger partial charge in [-0.1, -0.05) is 18.2 Å². The quantitative estimate of drug-likeness (QED) is 0.740. The number of anilines is 1. The minimum absolute atomic E-state index is 0.128. The number of fused-ring (bicyclic) bond motifs is 2. The number of rotatable bonds is 1. The molecule has 0 saturated carbocycles. The fourth-order valence-corrected chi connectivity index (χ4v) is 4.90. The largest absolute Gasteiger partial charge is 0.366 e. The Bertz CT molecular complexity index is 524. The molecular weight excluding hydrogens is 222 g/mol. The summed E-state index contributed by atoms with van der Waals surface area (Å²) in [5, 5.41) is -0.128. The van der Waals surface area contributed by atoms with Gasteiger partial charge in [0.05, 0.1) is 11.0 Å². The van der Waals surface area contributed by atoms with Crippen LogP contribution in [0.4, 0.5) is 5.69 Å². The van der Waals surface area contributed by atoms with Crippen molar-refractivity contribution in [1.29, 1.82) is 0 Å². The first-order valence-electron chi connectivity index (χ1n) is 5.62. The zero-order valence-corrected chi connectivity index (χ0v) is 10.1. The van der Waals surface area contributed by atoms with Crippen molar-refractivity contribution < 1.29 is 8.42 Å². The first-order chi connectivity index (χ1) is 7.58. The van der Waals surface area contributed by atoms with Crippen LogP contribution in [-0.4, -0.2) is 32.0 Å². The smallest absolute Gasteiger partial charge is 0.156 e. The summed E-state index contributed by atoms with van der Waals surface area (Å²) in [6, 6.07) is 8.40. The van der Waals surface area contributed by atoms with Gasteiger partial charge in [0.15, 0.2) is 9.84 Å². The molecule has 1 aromatic rings. The molecule has 16 heavy (non-hydrogen) atoms. The van der Waals surface area contributed by atoms with E-state index in [1.165, 1.54) is 11.3 Å². The molecule has 0 spiro atoms. The van der Waals surface area contributed by atoms with E-state index in [4.69, 9.17) is 0 Å². The predicted molar refractivity (Wildman–Crippen MR) is 64.5 cm³/mol. The molecule has 3 rings (SSSR count). The molecular formula is C12H15NO2S. The van der Waals surface area contributed by atoms with Crippen LogP contribution in [0.2, 0.25) is 0 Å². The molecule has 2 fully saturated rings. The molecule has 1 aromatic carbocycles. The highest BCUT2D eigenvalue weighted by atomic mass is 32.2. The molecule has 0 aliphatic carbocycles. The van der Waals surface area contributed by atoms with E-state index in [1.807, 2.05) is 12.1 Å². The van der Waals surface area contributed by atoms with Gasteiger partial charge in [-0.3, -0.25) is 0 Å². The lowest BCUT2D eigenvalue weighted by Gasteiger charge is -2.30. The molecule has 0 N–H and O–H groups in total. The van der Waals surface area contributed by atoms with Gasteiger partial charge < -0.3 is 4.90 Å². The van der Waals surface area contributed by atoms with E-state index in [1.54, 1.807) is 0 Å². The lowest BCUT2D eigenvalue weighted by molar-refractivity contribution is 0.585. The van der Waals surface area contributed by atoms with Crippen LogP contribution in [0, 0.1) is 6.92 Å². The van der Waals surface area contributed by atoms with Gasteiger partial charge >= 0.3 is 0 Å². The molecule has 2 heterocycles. The van der Waals surface area contributed by atoms with E-state index < -0.39 is 9.84 Å². The first kappa shape index (κ1) is 10.1. The van der Waals surface area contributed by atoms with Crippen LogP contribution in [0.3, 0.4) is 0 Å². The van der Waals surface area contributed by atoms with E-state index in [0.717, 1.165) is 6.42 Å². The molecule has 2 bridgehead atoms. The predicted octanol–water partition coefficient (Wildman–Crippen LogP) is 1.37. The normalized spacial score (nSPS) is 30.9. The van der Waals surface area contributed by atoms with Gasteiger partial charge in [0, 0.05) is 18.3 Å². The molecule has 4 heteroatoms. The number of hydrogen-bond acceptors (Lipinski definition) is 3. The number of nitrogens with zero attached hydrogens (tertiary/aromatic N) is 1. The fraction of sp³-hybridized carbons (Fsp3) is 0.500. The number of para-hydroxylation sites is 1. The molecule has 2 aliphatic rings. The van der Waals surface area contributed by atoms with Crippen LogP contribution in [0.1, 0.15) is 12.0 Å². The average molecular weight is 237 g/mol. The van der Waals surface area contributed by atoms with Crippen LogP contribution >= 0.6 is 0 Å². The first-order valence-corrected chi connectivity index (χ1v) is 7.33. The van der Waals surface area contributed by atoms with Gasteiger partial charge in [0.2, 0.25) is 0 Å². The van der Waals surface area contributed by atoms with Crippen molar-refractivity contribution in [3.63, 3.8) is 0 Å². The number of hydrogen-bond donors (Lipinski definition) is 0. The zero-order chi connectivity index (χ0) is 11.3. The third-order valence-electron chi connectivity index (χ3n) is 3.73. The second-order valence-electron chi connectivity index (χ2n) is 4.78.